The van der Waals surface area contributed by atoms with Crippen molar-refractivity contribution < 1.29 is 18.3 Å². The molecule has 2 aliphatic heterocycles. The molecule has 2 aliphatic rings. The van der Waals surface area contributed by atoms with Crippen LogP contribution in [0.3, 0.4) is 0 Å². The second-order valence-electron chi connectivity index (χ2n) is 7.40. The van der Waals surface area contributed by atoms with Gasteiger partial charge in [-0.15, -0.1) is 0 Å². The molecule has 0 saturated carbocycles. The van der Waals surface area contributed by atoms with Gasteiger partial charge < -0.3 is 14.9 Å². The Hall–Kier alpha value is -2.58. The lowest BCUT2D eigenvalue weighted by Crippen LogP contribution is -2.48. The minimum atomic E-state index is -3.64. The summed E-state index contributed by atoms with van der Waals surface area (Å²) >= 11 is 0. The van der Waals surface area contributed by atoms with Gasteiger partial charge in [-0.05, 0) is 43.2 Å². The molecule has 29 heavy (non-hydrogen) atoms. The number of para-hydroxylation sites is 1. The number of aromatic hydroxyl groups is 1. The molecule has 2 aromatic rings. The number of carbonyl (C=O) groups excluding carboxylic acids is 1. The number of hydrogen-bond acceptors (Lipinski definition) is 5. The topological polar surface area (TPSA) is 81.2 Å². The average Bonchev–Trinajstić information content (AvgIpc) is 3.30. The molecule has 0 radical (unpaired) electrons. The van der Waals surface area contributed by atoms with Crippen molar-refractivity contribution in [2.45, 2.75) is 17.7 Å². The van der Waals surface area contributed by atoms with Gasteiger partial charge in [0.25, 0.3) is 5.91 Å². The van der Waals surface area contributed by atoms with Gasteiger partial charge in [0.1, 0.15) is 5.75 Å². The summed E-state index contributed by atoms with van der Waals surface area (Å²) < 4.78 is 27.1. The first-order chi connectivity index (χ1) is 14.0. The van der Waals surface area contributed by atoms with Crippen LogP contribution in [-0.4, -0.2) is 67.9 Å². The maximum atomic E-state index is 13.0. The van der Waals surface area contributed by atoms with E-state index in [1.54, 1.807) is 4.90 Å². The van der Waals surface area contributed by atoms with Gasteiger partial charge in [-0.1, -0.05) is 18.2 Å². The van der Waals surface area contributed by atoms with Crippen molar-refractivity contribution in [1.29, 1.82) is 0 Å². The van der Waals surface area contributed by atoms with Gasteiger partial charge in [-0.3, -0.25) is 4.79 Å². The lowest BCUT2D eigenvalue weighted by atomic mass is 10.1. The Labute approximate surface area is 171 Å². The molecule has 154 valence electrons. The lowest BCUT2D eigenvalue weighted by molar-refractivity contribution is 0.0743. The number of amides is 1. The molecule has 1 N–H and O–H groups in total. The predicted molar refractivity (Wildman–Crippen MR) is 111 cm³/mol. The van der Waals surface area contributed by atoms with Crippen LogP contribution in [0.4, 0.5) is 5.69 Å². The molecule has 1 amide bonds. The molecule has 2 saturated heterocycles. The Morgan fingerprint density at radius 3 is 2.17 bits per heavy atom. The molecule has 2 fully saturated rings. The van der Waals surface area contributed by atoms with Crippen LogP contribution in [0.5, 0.6) is 5.75 Å². The van der Waals surface area contributed by atoms with E-state index >= 15 is 0 Å². The van der Waals surface area contributed by atoms with Crippen LogP contribution in [0.2, 0.25) is 0 Å². The van der Waals surface area contributed by atoms with Gasteiger partial charge in [-0.25, -0.2) is 8.42 Å². The van der Waals surface area contributed by atoms with Crippen LogP contribution >= 0.6 is 0 Å². The molecule has 2 aromatic carbocycles. The molecule has 0 unspecified atom stereocenters. The highest BCUT2D eigenvalue weighted by molar-refractivity contribution is 7.89. The first kappa shape index (κ1) is 19.7. The molecular formula is C21H25N3O4S. The van der Waals surface area contributed by atoms with E-state index in [0.29, 0.717) is 39.3 Å². The van der Waals surface area contributed by atoms with Crippen LogP contribution in [0.15, 0.2) is 53.4 Å². The molecule has 4 rings (SSSR count). The first-order valence-electron chi connectivity index (χ1n) is 9.89. The standard InChI is InChI=1S/C21H25N3O4S/c25-20-9-8-18(29(27,28)24-10-4-5-11-24)16-19(20)21(26)23-14-12-22(13-15-23)17-6-2-1-3-7-17/h1-3,6-9,16,25H,4-5,10-15H2. The third-order valence-electron chi connectivity index (χ3n) is 5.59. The van der Waals surface area contributed by atoms with Gasteiger partial charge in [0.05, 0.1) is 10.5 Å². The van der Waals surface area contributed by atoms with Crippen LogP contribution in [0.1, 0.15) is 23.2 Å². The Balaban J connectivity index is 1.50. The van der Waals surface area contributed by atoms with Crippen molar-refractivity contribution in [3.8, 4) is 5.75 Å². The van der Waals surface area contributed by atoms with Gasteiger partial charge in [-0.2, -0.15) is 4.31 Å². The number of hydrogen-bond donors (Lipinski definition) is 1. The van der Waals surface area contributed by atoms with Crippen molar-refractivity contribution in [3.63, 3.8) is 0 Å². The number of anilines is 1. The lowest BCUT2D eigenvalue weighted by Gasteiger charge is -2.36. The fourth-order valence-corrected chi connectivity index (χ4v) is 5.45. The zero-order chi connectivity index (χ0) is 20.4. The monoisotopic (exact) mass is 415 g/mol. The second kappa shape index (κ2) is 8.04. The van der Waals surface area contributed by atoms with Crippen LogP contribution in [-0.2, 0) is 10.0 Å². The number of carbonyl (C=O) groups is 1. The largest absolute Gasteiger partial charge is 0.507 e. The summed E-state index contributed by atoms with van der Waals surface area (Å²) in [7, 11) is -3.64. The number of phenols is 1. The zero-order valence-corrected chi connectivity index (χ0v) is 17.0. The molecule has 7 nitrogen and oxygen atoms in total. The summed E-state index contributed by atoms with van der Waals surface area (Å²) in [4.78, 5) is 16.9. The number of piperazine rings is 1. The van der Waals surface area contributed by atoms with Crippen molar-refractivity contribution in [3.05, 3.63) is 54.1 Å². The minimum Gasteiger partial charge on any atom is -0.507 e. The molecule has 0 atom stereocenters. The fraction of sp³-hybridized carbons (Fsp3) is 0.381. The SMILES string of the molecule is O=C(c1cc(S(=O)(=O)N2CCCC2)ccc1O)N1CCN(c2ccccc2)CC1. The maximum absolute atomic E-state index is 13.0. The summed E-state index contributed by atoms with van der Waals surface area (Å²) in [6.07, 6.45) is 1.68. The molecule has 0 aromatic heterocycles. The average molecular weight is 416 g/mol. The van der Waals surface area contributed by atoms with Crippen LogP contribution in [0, 0.1) is 0 Å². The zero-order valence-electron chi connectivity index (χ0n) is 16.2. The van der Waals surface area contributed by atoms with E-state index in [9.17, 15) is 18.3 Å². The fourth-order valence-electron chi connectivity index (χ4n) is 3.90. The molecule has 0 spiro atoms. The smallest absolute Gasteiger partial charge is 0.257 e. The Bertz CT molecular complexity index is 980. The van der Waals surface area contributed by atoms with Crippen molar-refractivity contribution in [1.82, 2.24) is 9.21 Å². The Morgan fingerprint density at radius 2 is 1.52 bits per heavy atom. The molecular weight excluding hydrogens is 390 g/mol. The summed E-state index contributed by atoms with van der Waals surface area (Å²) in [5.74, 6) is -0.533. The normalized spacial score (nSPS) is 18.2. The summed E-state index contributed by atoms with van der Waals surface area (Å²) in [6.45, 7) is 3.37. The van der Waals surface area contributed by atoms with Gasteiger partial charge in [0.2, 0.25) is 10.0 Å². The van der Waals surface area contributed by atoms with E-state index in [4.69, 9.17) is 0 Å². The van der Waals surface area contributed by atoms with E-state index < -0.39 is 10.0 Å². The van der Waals surface area contributed by atoms with E-state index in [0.717, 1.165) is 18.5 Å². The molecule has 0 aliphatic carbocycles. The number of phenolic OH excluding ortho intramolecular Hbond substituents is 1. The van der Waals surface area contributed by atoms with E-state index in [1.807, 2.05) is 30.3 Å². The van der Waals surface area contributed by atoms with Gasteiger partial charge >= 0.3 is 0 Å². The van der Waals surface area contributed by atoms with Crippen molar-refractivity contribution >= 4 is 21.6 Å². The summed E-state index contributed by atoms with van der Waals surface area (Å²) in [6, 6.07) is 14.0. The van der Waals surface area contributed by atoms with E-state index in [2.05, 4.69) is 4.90 Å². The van der Waals surface area contributed by atoms with Gasteiger partial charge in [0.15, 0.2) is 0 Å². The number of sulfonamides is 1. The highest BCUT2D eigenvalue weighted by Gasteiger charge is 2.30. The van der Waals surface area contributed by atoms with E-state index in [1.165, 1.54) is 22.5 Å². The number of rotatable bonds is 4. The van der Waals surface area contributed by atoms with Crippen LogP contribution < -0.4 is 4.90 Å². The maximum Gasteiger partial charge on any atom is 0.257 e. The highest BCUT2D eigenvalue weighted by atomic mass is 32.2. The summed E-state index contributed by atoms with van der Waals surface area (Å²) in [5, 5.41) is 10.2. The number of nitrogens with zero attached hydrogens (tertiary/aromatic N) is 3. The highest BCUT2D eigenvalue weighted by Crippen LogP contribution is 2.27. The molecule has 0 bridgehead atoms. The van der Waals surface area contributed by atoms with Crippen molar-refractivity contribution in [2.75, 3.05) is 44.2 Å². The van der Waals surface area contributed by atoms with Crippen molar-refractivity contribution in [2.24, 2.45) is 0 Å². The third kappa shape index (κ3) is 3.95. The third-order valence-corrected chi connectivity index (χ3v) is 7.48. The second-order valence-corrected chi connectivity index (χ2v) is 9.34. The summed E-state index contributed by atoms with van der Waals surface area (Å²) in [5.41, 5.74) is 1.15. The Kier molecular flexibility index (Phi) is 5.47. The first-order valence-corrected chi connectivity index (χ1v) is 11.3. The minimum absolute atomic E-state index is 0.0402. The van der Waals surface area contributed by atoms with E-state index in [-0.39, 0.29) is 22.1 Å². The predicted octanol–water partition coefficient (Wildman–Crippen LogP) is 2.14. The quantitative estimate of drug-likeness (QED) is 0.828. The van der Waals surface area contributed by atoms with Crippen LogP contribution in [0.25, 0.3) is 0 Å². The Morgan fingerprint density at radius 1 is 0.862 bits per heavy atom. The molecule has 2 heterocycles. The van der Waals surface area contributed by atoms with Gasteiger partial charge in [0, 0.05) is 45.0 Å². The molecule has 8 heteroatoms. The number of benzene rings is 2.